The lowest BCUT2D eigenvalue weighted by atomic mass is 10.3. The van der Waals surface area contributed by atoms with E-state index in [4.69, 9.17) is 5.11 Å². The molecule has 2 aromatic rings. The summed E-state index contributed by atoms with van der Waals surface area (Å²) in [7, 11) is 0. The van der Waals surface area contributed by atoms with E-state index < -0.39 is 29.1 Å². The van der Waals surface area contributed by atoms with Crippen molar-refractivity contribution in [3.63, 3.8) is 0 Å². The Hall–Kier alpha value is -2.09. The molecule has 0 radical (unpaired) electrons. The van der Waals surface area contributed by atoms with Crippen LogP contribution in [0.1, 0.15) is 5.69 Å². The van der Waals surface area contributed by atoms with Crippen LogP contribution >= 0.6 is 11.3 Å². The van der Waals surface area contributed by atoms with Crippen LogP contribution in [-0.2, 0) is 11.2 Å². The third-order valence-corrected chi connectivity index (χ3v) is 2.93. The van der Waals surface area contributed by atoms with Gasteiger partial charge in [-0.1, -0.05) is 0 Å². The van der Waals surface area contributed by atoms with E-state index >= 15 is 0 Å². The number of thiazole rings is 1. The lowest BCUT2D eigenvalue weighted by molar-refractivity contribution is -0.136. The van der Waals surface area contributed by atoms with Crippen molar-refractivity contribution in [3.8, 4) is 0 Å². The van der Waals surface area contributed by atoms with Gasteiger partial charge in [0.1, 0.15) is 5.82 Å². The maximum atomic E-state index is 13.4. The summed E-state index contributed by atoms with van der Waals surface area (Å²) in [5, 5.41) is 12.6. The summed E-state index contributed by atoms with van der Waals surface area (Å²) in [4.78, 5) is 14.3. The minimum atomic E-state index is -1.31. The monoisotopic (exact) mass is 288 g/mol. The first-order chi connectivity index (χ1) is 8.95. The normalized spacial score (nSPS) is 10.5. The number of halogens is 3. The Morgan fingerprint density at radius 3 is 2.79 bits per heavy atom. The van der Waals surface area contributed by atoms with Gasteiger partial charge in [-0.15, -0.1) is 11.3 Å². The zero-order valence-electron chi connectivity index (χ0n) is 9.28. The van der Waals surface area contributed by atoms with Crippen LogP contribution in [0.3, 0.4) is 0 Å². The molecule has 0 aliphatic heterocycles. The Kier molecular flexibility index (Phi) is 3.70. The molecule has 2 N–H and O–H groups in total. The van der Waals surface area contributed by atoms with E-state index in [0.29, 0.717) is 6.07 Å². The standard InChI is InChI=1S/C11H7F3N2O2S/c12-5-1-7(13)10(14)8(2-5)16-11-15-6(4-19-11)3-9(17)18/h1-2,4H,3H2,(H,15,16)(H,17,18). The molecule has 1 aromatic carbocycles. The maximum absolute atomic E-state index is 13.4. The quantitative estimate of drug-likeness (QED) is 0.849. The molecule has 0 amide bonds. The molecule has 0 spiro atoms. The van der Waals surface area contributed by atoms with Crippen LogP contribution in [0, 0.1) is 17.5 Å². The maximum Gasteiger partial charge on any atom is 0.309 e. The molecule has 0 saturated heterocycles. The predicted octanol–water partition coefficient (Wildman–Crippen LogP) is 2.93. The van der Waals surface area contributed by atoms with Crippen molar-refractivity contribution in [3.05, 3.63) is 40.7 Å². The van der Waals surface area contributed by atoms with Crippen molar-refractivity contribution >= 4 is 28.1 Å². The van der Waals surface area contributed by atoms with Crippen molar-refractivity contribution < 1.29 is 23.1 Å². The van der Waals surface area contributed by atoms with Gasteiger partial charge in [0.15, 0.2) is 16.8 Å². The van der Waals surface area contributed by atoms with Crippen LogP contribution in [0.4, 0.5) is 24.0 Å². The van der Waals surface area contributed by atoms with E-state index in [1.807, 2.05) is 0 Å². The van der Waals surface area contributed by atoms with Gasteiger partial charge in [-0.25, -0.2) is 18.2 Å². The summed E-state index contributed by atoms with van der Waals surface area (Å²) in [6.45, 7) is 0. The lowest BCUT2D eigenvalue weighted by Crippen LogP contribution is -2.01. The van der Waals surface area contributed by atoms with Gasteiger partial charge in [0.25, 0.3) is 0 Å². The third kappa shape index (κ3) is 3.22. The number of anilines is 2. The van der Waals surface area contributed by atoms with E-state index in [2.05, 4.69) is 10.3 Å². The molecule has 2 rings (SSSR count). The zero-order valence-corrected chi connectivity index (χ0v) is 10.1. The molecule has 0 saturated carbocycles. The van der Waals surface area contributed by atoms with Crippen LogP contribution in [0.25, 0.3) is 0 Å². The topological polar surface area (TPSA) is 62.2 Å². The number of rotatable bonds is 4. The van der Waals surface area contributed by atoms with Gasteiger partial charge in [-0.05, 0) is 0 Å². The molecule has 0 aliphatic rings. The fourth-order valence-electron chi connectivity index (χ4n) is 1.36. The molecule has 0 fully saturated rings. The van der Waals surface area contributed by atoms with E-state index in [1.165, 1.54) is 5.38 Å². The first-order valence-corrected chi connectivity index (χ1v) is 5.91. The van der Waals surface area contributed by atoms with Crippen LogP contribution in [-0.4, -0.2) is 16.1 Å². The zero-order chi connectivity index (χ0) is 14.0. The number of aliphatic carboxylic acids is 1. The molecule has 0 bridgehead atoms. The van der Waals surface area contributed by atoms with Gasteiger partial charge in [0, 0.05) is 17.5 Å². The summed E-state index contributed by atoms with van der Waals surface area (Å²) < 4.78 is 39.3. The molecule has 1 heterocycles. The lowest BCUT2D eigenvalue weighted by Gasteiger charge is -2.05. The highest BCUT2D eigenvalue weighted by Crippen LogP contribution is 2.25. The number of hydrogen-bond donors (Lipinski definition) is 2. The van der Waals surface area contributed by atoms with Crippen LogP contribution in [0.5, 0.6) is 0 Å². The highest BCUT2D eigenvalue weighted by molar-refractivity contribution is 7.13. The van der Waals surface area contributed by atoms with Gasteiger partial charge in [-0.3, -0.25) is 4.79 Å². The van der Waals surface area contributed by atoms with Crippen LogP contribution < -0.4 is 5.32 Å². The highest BCUT2D eigenvalue weighted by Gasteiger charge is 2.13. The molecule has 0 atom stereocenters. The third-order valence-electron chi connectivity index (χ3n) is 2.12. The van der Waals surface area contributed by atoms with Crippen molar-refractivity contribution in [2.45, 2.75) is 6.42 Å². The molecular weight excluding hydrogens is 281 g/mol. The Bertz CT molecular complexity index is 630. The van der Waals surface area contributed by atoms with Crippen LogP contribution in [0.15, 0.2) is 17.5 Å². The fourth-order valence-corrected chi connectivity index (χ4v) is 2.09. The Labute approximate surface area is 109 Å². The summed E-state index contributed by atoms with van der Waals surface area (Å²) in [5.41, 5.74) is -0.119. The van der Waals surface area contributed by atoms with E-state index in [1.54, 1.807) is 0 Å². The Morgan fingerprint density at radius 1 is 1.37 bits per heavy atom. The minimum Gasteiger partial charge on any atom is -0.481 e. The van der Waals surface area contributed by atoms with E-state index in [-0.39, 0.29) is 17.2 Å². The summed E-state index contributed by atoms with van der Waals surface area (Å²) in [6, 6.07) is 1.22. The predicted molar refractivity (Wildman–Crippen MR) is 63.1 cm³/mol. The van der Waals surface area contributed by atoms with Gasteiger partial charge < -0.3 is 10.4 Å². The van der Waals surface area contributed by atoms with Gasteiger partial charge in [0.2, 0.25) is 0 Å². The van der Waals surface area contributed by atoms with Crippen molar-refractivity contribution in [2.24, 2.45) is 0 Å². The van der Waals surface area contributed by atoms with Gasteiger partial charge >= 0.3 is 5.97 Å². The van der Waals surface area contributed by atoms with Gasteiger partial charge in [0.05, 0.1) is 17.8 Å². The summed E-state index contributed by atoms with van der Waals surface area (Å²) in [6.07, 6.45) is -0.280. The first kappa shape index (κ1) is 13.3. The largest absolute Gasteiger partial charge is 0.481 e. The molecule has 0 unspecified atom stereocenters. The number of carboxylic acid groups (broad SMARTS) is 1. The molecule has 1 aromatic heterocycles. The number of benzene rings is 1. The first-order valence-electron chi connectivity index (χ1n) is 5.03. The second-order valence-corrected chi connectivity index (χ2v) is 4.45. The summed E-state index contributed by atoms with van der Waals surface area (Å²) >= 11 is 1.01. The second kappa shape index (κ2) is 5.27. The number of hydrogen-bond acceptors (Lipinski definition) is 4. The molecule has 8 heteroatoms. The second-order valence-electron chi connectivity index (χ2n) is 3.59. The van der Waals surface area contributed by atoms with Crippen molar-refractivity contribution in [2.75, 3.05) is 5.32 Å². The van der Waals surface area contributed by atoms with E-state index in [9.17, 15) is 18.0 Å². The average molecular weight is 288 g/mol. The molecular formula is C11H7F3N2O2S. The SMILES string of the molecule is O=C(O)Cc1csc(Nc2cc(F)cc(F)c2F)n1. The van der Waals surface area contributed by atoms with E-state index in [0.717, 1.165) is 17.4 Å². The number of carboxylic acids is 1. The molecule has 0 aliphatic carbocycles. The smallest absolute Gasteiger partial charge is 0.309 e. The van der Waals surface area contributed by atoms with Crippen molar-refractivity contribution in [1.82, 2.24) is 4.98 Å². The van der Waals surface area contributed by atoms with Crippen molar-refractivity contribution in [1.29, 1.82) is 0 Å². The Morgan fingerprint density at radius 2 is 2.11 bits per heavy atom. The molecule has 100 valence electrons. The summed E-state index contributed by atoms with van der Waals surface area (Å²) in [5.74, 6) is -4.52. The average Bonchev–Trinajstić information content (AvgIpc) is 2.71. The number of nitrogens with one attached hydrogen (secondary N) is 1. The Balaban J connectivity index is 2.21. The van der Waals surface area contributed by atoms with Crippen LogP contribution in [0.2, 0.25) is 0 Å². The number of aromatic nitrogens is 1. The number of carbonyl (C=O) groups is 1. The fraction of sp³-hybridized carbons (Fsp3) is 0.0909. The molecule has 4 nitrogen and oxygen atoms in total. The minimum absolute atomic E-state index is 0.153. The number of nitrogens with zero attached hydrogens (tertiary/aromatic N) is 1. The highest BCUT2D eigenvalue weighted by atomic mass is 32.1. The van der Waals surface area contributed by atoms with Gasteiger partial charge in [-0.2, -0.15) is 0 Å². The molecule has 19 heavy (non-hydrogen) atoms.